The summed E-state index contributed by atoms with van der Waals surface area (Å²) < 4.78 is 5.58. The summed E-state index contributed by atoms with van der Waals surface area (Å²) in [6.07, 6.45) is -0.599. The maximum atomic E-state index is 12.0. The molecule has 0 radical (unpaired) electrons. The predicted molar refractivity (Wildman–Crippen MR) is 102 cm³/mol. The average molecular weight is 384 g/mol. The molecule has 6 heteroatoms. The first-order valence-corrected chi connectivity index (χ1v) is 9.49. The van der Waals surface area contributed by atoms with Gasteiger partial charge in [-0.1, -0.05) is 53.5 Å². The largest absolute Gasteiger partial charge is 0.479 e. The topological polar surface area (TPSA) is 38.3 Å². The van der Waals surface area contributed by atoms with Crippen LogP contribution in [0.4, 0.5) is 0 Å². The van der Waals surface area contributed by atoms with E-state index in [4.69, 9.17) is 27.9 Å². The van der Waals surface area contributed by atoms with Crippen molar-refractivity contribution in [2.75, 3.05) is 12.3 Å². The summed E-state index contributed by atoms with van der Waals surface area (Å²) in [6, 6.07) is 14.9. The summed E-state index contributed by atoms with van der Waals surface area (Å²) in [5.74, 6) is 1.97. The van der Waals surface area contributed by atoms with Crippen LogP contribution in [-0.4, -0.2) is 24.3 Å². The fourth-order valence-corrected chi connectivity index (χ4v) is 3.30. The fourth-order valence-electron chi connectivity index (χ4n) is 1.97. The molecule has 128 valence electrons. The molecule has 0 bridgehead atoms. The molecule has 0 aliphatic heterocycles. The van der Waals surface area contributed by atoms with Gasteiger partial charge < -0.3 is 10.1 Å². The smallest absolute Gasteiger partial charge is 0.260 e. The van der Waals surface area contributed by atoms with Gasteiger partial charge in [0.1, 0.15) is 5.75 Å². The molecule has 1 N–H and O–H groups in total. The molecule has 2 aromatic rings. The zero-order valence-corrected chi connectivity index (χ0v) is 15.6. The standard InChI is InChI=1S/C18H19Cl2NO2S/c1-13(23-17-9-5-4-8-16(17)20)18(22)21-10-11-24-12-14-6-2-3-7-15(14)19/h2-9,13H,10-12H2,1H3,(H,21,22)/t13-/m0/s1. The Balaban J connectivity index is 1.67. The Labute approximate surface area is 156 Å². The summed E-state index contributed by atoms with van der Waals surface area (Å²) in [4.78, 5) is 12.0. The highest BCUT2D eigenvalue weighted by molar-refractivity contribution is 7.98. The van der Waals surface area contributed by atoms with Crippen LogP contribution < -0.4 is 10.1 Å². The molecule has 0 aromatic heterocycles. The Morgan fingerprint density at radius 3 is 2.50 bits per heavy atom. The maximum Gasteiger partial charge on any atom is 0.260 e. The number of amides is 1. The number of benzene rings is 2. The lowest BCUT2D eigenvalue weighted by Gasteiger charge is -2.15. The van der Waals surface area contributed by atoms with E-state index < -0.39 is 6.10 Å². The van der Waals surface area contributed by atoms with Crippen LogP contribution in [0.1, 0.15) is 12.5 Å². The van der Waals surface area contributed by atoms with Gasteiger partial charge in [0.25, 0.3) is 5.91 Å². The molecule has 24 heavy (non-hydrogen) atoms. The minimum Gasteiger partial charge on any atom is -0.479 e. The van der Waals surface area contributed by atoms with Crippen molar-refractivity contribution in [3.63, 3.8) is 0 Å². The Kier molecular flexibility index (Phi) is 7.76. The summed E-state index contributed by atoms with van der Waals surface area (Å²) in [5.41, 5.74) is 1.10. The van der Waals surface area contributed by atoms with Crippen LogP contribution in [0.3, 0.4) is 0 Å². The molecule has 2 aromatic carbocycles. The number of nitrogens with one attached hydrogen (secondary N) is 1. The van der Waals surface area contributed by atoms with Crippen molar-refractivity contribution in [1.82, 2.24) is 5.32 Å². The van der Waals surface area contributed by atoms with Gasteiger partial charge >= 0.3 is 0 Å². The van der Waals surface area contributed by atoms with Crippen LogP contribution in [-0.2, 0) is 10.5 Å². The molecule has 1 amide bonds. The third kappa shape index (κ3) is 5.93. The minimum absolute atomic E-state index is 0.159. The van der Waals surface area contributed by atoms with E-state index in [0.29, 0.717) is 17.3 Å². The van der Waals surface area contributed by atoms with Crippen LogP contribution >= 0.6 is 35.0 Å². The molecule has 0 saturated carbocycles. The van der Waals surface area contributed by atoms with Crippen LogP contribution in [0.25, 0.3) is 0 Å². The Morgan fingerprint density at radius 2 is 1.79 bits per heavy atom. The van der Waals surface area contributed by atoms with E-state index in [9.17, 15) is 4.79 Å². The quantitative estimate of drug-likeness (QED) is 0.664. The first kappa shape index (κ1) is 19.0. The van der Waals surface area contributed by atoms with E-state index in [1.54, 1.807) is 30.8 Å². The molecule has 0 fully saturated rings. The molecule has 0 saturated heterocycles. The number of carbonyl (C=O) groups excluding carboxylic acids is 1. The van der Waals surface area contributed by atoms with Gasteiger partial charge in [-0.3, -0.25) is 4.79 Å². The Hall–Kier alpha value is -1.36. The molecule has 0 aliphatic carbocycles. The van der Waals surface area contributed by atoms with Gasteiger partial charge in [0, 0.05) is 23.1 Å². The number of rotatable bonds is 8. The van der Waals surface area contributed by atoms with E-state index in [-0.39, 0.29) is 5.91 Å². The zero-order chi connectivity index (χ0) is 17.4. The van der Waals surface area contributed by atoms with Gasteiger partial charge in [-0.2, -0.15) is 11.8 Å². The average Bonchev–Trinajstić information content (AvgIpc) is 2.58. The monoisotopic (exact) mass is 383 g/mol. The molecule has 3 nitrogen and oxygen atoms in total. The highest BCUT2D eigenvalue weighted by Gasteiger charge is 2.15. The summed E-state index contributed by atoms with van der Waals surface area (Å²) in [5, 5.41) is 4.13. The molecule has 0 heterocycles. The lowest BCUT2D eigenvalue weighted by Crippen LogP contribution is -2.37. The summed E-state index contributed by atoms with van der Waals surface area (Å²) in [6.45, 7) is 2.28. The van der Waals surface area contributed by atoms with Crippen molar-refractivity contribution in [2.24, 2.45) is 0 Å². The molecule has 0 unspecified atom stereocenters. The Morgan fingerprint density at radius 1 is 1.12 bits per heavy atom. The highest BCUT2D eigenvalue weighted by Crippen LogP contribution is 2.24. The molecule has 2 rings (SSSR count). The van der Waals surface area contributed by atoms with Crippen molar-refractivity contribution in [3.8, 4) is 5.75 Å². The van der Waals surface area contributed by atoms with Gasteiger partial charge in [0.05, 0.1) is 5.02 Å². The number of carbonyl (C=O) groups is 1. The molecule has 0 aliphatic rings. The van der Waals surface area contributed by atoms with Gasteiger partial charge in [0.2, 0.25) is 0 Å². The number of hydrogen-bond donors (Lipinski definition) is 1. The molecule has 0 spiro atoms. The fraction of sp³-hybridized carbons (Fsp3) is 0.278. The predicted octanol–water partition coefficient (Wildman–Crippen LogP) is 4.81. The second-order valence-electron chi connectivity index (χ2n) is 5.13. The van der Waals surface area contributed by atoms with E-state index in [1.165, 1.54) is 0 Å². The molecule has 1 atom stereocenters. The van der Waals surface area contributed by atoms with Crippen molar-refractivity contribution in [2.45, 2.75) is 18.8 Å². The first-order chi connectivity index (χ1) is 11.6. The zero-order valence-electron chi connectivity index (χ0n) is 13.3. The van der Waals surface area contributed by atoms with E-state index >= 15 is 0 Å². The van der Waals surface area contributed by atoms with Crippen LogP contribution in [0.15, 0.2) is 48.5 Å². The van der Waals surface area contributed by atoms with Gasteiger partial charge in [0.15, 0.2) is 6.10 Å². The number of hydrogen-bond acceptors (Lipinski definition) is 3. The van der Waals surface area contributed by atoms with Crippen molar-refractivity contribution < 1.29 is 9.53 Å². The minimum atomic E-state index is -0.599. The van der Waals surface area contributed by atoms with Gasteiger partial charge in [-0.15, -0.1) is 0 Å². The molecular weight excluding hydrogens is 365 g/mol. The van der Waals surface area contributed by atoms with Crippen LogP contribution in [0.5, 0.6) is 5.75 Å². The Bertz CT molecular complexity index is 682. The van der Waals surface area contributed by atoms with E-state index in [1.807, 2.05) is 36.4 Å². The van der Waals surface area contributed by atoms with Crippen LogP contribution in [0, 0.1) is 0 Å². The van der Waals surface area contributed by atoms with Crippen molar-refractivity contribution in [1.29, 1.82) is 0 Å². The second kappa shape index (κ2) is 9.82. The second-order valence-corrected chi connectivity index (χ2v) is 7.05. The normalized spacial score (nSPS) is 11.8. The molecular formula is C18H19Cl2NO2S. The van der Waals surface area contributed by atoms with Crippen molar-refractivity contribution in [3.05, 3.63) is 64.1 Å². The van der Waals surface area contributed by atoms with Gasteiger partial charge in [-0.05, 0) is 30.7 Å². The lowest BCUT2D eigenvalue weighted by atomic mass is 10.2. The highest BCUT2D eigenvalue weighted by atomic mass is 35.5. The number of para-hydroxylation sites is 1. The maximum absolute atomic E-state index is 12.0. The number of ether oxygens (including phenoxy) is 1. The third-order valence-electron chi connectivity index (χ3n) is 3.27. The number of halogens is 2. The lowest BCUT2D eigenvalue weighted by molar-refractivity contribution is -0.127. The summed E-state index contributed by atoms with van der Waals surface area (Å²) >= 11 is 13.8. The first-order valence-electron chi connectivity index (χ1n) is 7.58. The summed E-state index contributed by atoms with van der Waals surface area (Å²) in [7, 11) is 0. The third-order valence-corrected chi connectivity index (χ3v) is 4.96. The van der Waals surface area contributed by atoms with Crippen molar-refractivity contribution >= 4 is 40.9 Å². The van der Waals surface area contributed by atoms with Crippen LogP contribution in [0.2, 0.25) is 10.0 Å². The van der Waals surface area contributed by atoms with Gasteiger partial charge in [-0.25, -0.2) is 0 Å². The van der Waals surface area contributed by atoms with E-state index in [2.05, 4.69) is 5.32 Å². The van der Waals surface area contributed by atoms with E-state index in [0.717, 1.165) is 22.1 Å². The SMILES string of the molecule is C[C@H](Oc1ccccc1Cl)C(=O)NCCSCc1ccccc1Cl. The number of thioether (sulfide) groups is 1.